The summed E-state index contributed by atoms with van der Waals surface area (Å²) in [5, 5.41) is 6.48. The van der Waals surface area contributed by atoms with Crippen molar-refractivity contribution in [2.24, 2.45) is 4.99 Å². The molecule has 0 unspecified atom stereocenters. The summed E-state index contributed by atoms with van der Waals surface area (Å²) in [4.78, 5) is 8.74. The zero-order valence-electron chi connectivity index (χ0n) is 19.0. The molecular formula is C23H35FIN5O2. The van der Waals surface area contributed by atoms with E-state index in [0.29, 0.717) is 31.4 Å². The van der Waals surface area contributed by atoms with E-state index < -0.39 is 0 Å². The van der Waals surface area contributed by atoms with Crippen molar-refractivity contribution in [1.29, 1.82) is 0 Å². The van der Waals surface area contributed by atoms with E-state index in [1.165, 1.54) is 0 Å². The van der Waals surface area contributed by atoms with Crippen LogP contribution in [-0.4, -0.2) is 63.8 Å². The van der Waals surface area contributed by atoms with E-state index in [-0.39, 0.29) is 29.8 Å². The lowest BCUT2D eigenvalue weighted by Gasteiger charge is -2.35. The Kier molecular flexibility index (Phi) is 11.8. The van der Waals surface area contributed by atoms with Gasteiger partial charge < -0.3 is 29.6 Å². The van der Waals surface area contributed by atoms with E-state index in [4.69, 9.17) is 9.15 Å². The number of aliphatic imine (C=N–C) groups is 1. The van der Waals surface area contributed by atoms with Crippen LogP contribution in [0, 0.1) is 5.82 Å². The van der Waals surface area contributed by atoms with Crippen molar-refractivity contribution in [1.82, 2.24) is 15.5 Å². The Morgan fingerprint density at radius 2 is 2.00 bits per heavy atom. The van der Waals surface area contributed by atoms with Crippen LogP contribution in [0.3, 0.4) is 0 Å². The van der Waals surface area contributed by atoms with Gasteiger partial charge in [0.15, 0.2) is 5.96 Å². The normalized spacial score (nSPS) is 14.8. The van der Waals surface area contributed by atoms with Crippen LogP contribution in [0.1, 0.15) is 24.7 Å². The zero-order valence-corrected chi connectivity index (χ0v) is 21.3. The highest BCUT2D eigenvalue weighted by atomic mass is 127. The van der Waals surface area contributed by atoms with Gasteiger partial charge in [0, 0.05) is 52.9 Å². The average molecular weight is 559 g/mol. The van der Waals surface area contributed by atoms with E-state index in [9.17, 15) is 4.39 Å². The third kappa shape index (κ3) is 8.25. The van der Waals surface area contributed by atoms with E-state index in [1.807, 2.05) is 24.3 Å². The summed E-state index contributed by atoms with van der Waals surface area (Å²) in [5.74, 6) is 1.35. The van der Waals surface area contributed by atoms with Gasteiger partial charge in [-0.05, 0) is 42.8 Å². The fraction of sp³-hybridized carbons (Fsp3) is 0.522. The molecular weight excluding hydrogens is 524 g/mol. The first-order chi connectivity index (χ1) is 15.2. The van der Waals surface area contributed by atoms with Crippen molar-refractivity contribution in [3.8, 4) is 0 Å². The van der Waals surface area contributed by atoms with Gasteiger partial charge in [0.05, 0.1) is 12.0 Å². The highest BCUT2D eigenvalue weighted by Crippen LogP contribution is 2.22. The summed E-state index contributed by atoms with van der Waals surface area (Å²) in [7, 11) is 1.72. The van der Waals surface area contributed by atoms with Crippen molar-refractivity contribution < 1.29 is 13.5 Å². The molecule has 178 valence electrons. The lowest BCUT2D eigenvalue weighted by atomic mass is 10.1. The van der Waals surface area contributed by atoms with Crippen LogP contribution in [0.4, 0.5) is 10.1 Å². The van der Waals surface area contributed by atoms with Crippen molar-refractivity contribution in [2.75, 3.05) is 57.8 Å². The number of nitrogens with zero attached hydrogens (tertiary/aromatic N) is 3. The molecule has 1 saturated heterocycles. The number of nitrogens with one attached hydrogen (secondary N) is 2. The molecule has 3 rings (SSSR count). The maximum atomic E-state index is 14.7. The summed E-state index contributed by atoms with van der Waals surface area (Å²) < 4.78 is 25.5. The molecule has 2 heterocycles. The van der Waals surface area contributed by atoms with Crippen LogP contribution in [0.25, 0.3) is 0 Å². The van der Waals surface area contributed by atoms with E-state index in [1.54, 1.807) is 19.4 Å². The molecule has 1 aliphatic rings. The smallest absolute Gasteiger partial charge is 0.191 e. The fourth-order valence-corrected chi connectivity index (χ4v) is 3.58. The molecule has 1 aromatic heterocycles. The molecule has 1 fully saturated rings. The summed E-state index contributed by atoms with van der Waals surface area (Å²) >= 11 is 0. The topological polar surface area (TPSA) is 65.3 Å². The Labute approximate surface area is 207 Å². The molecule has 32 heavy (non-hydrogen) atoms. The van der Waals surface area contributed by atoms with Crippen molar-refractivity contribution in [3.63, 3.8) is 0 Å². The molecule has 0 atom stereocenters. The predicted octanol–water partition coefficient (Wildman–Crippen LogP) is 3.45. The van der Waals surface area contributed by atoms with Crippen molar-refractivity contribution in [3.05, 3.63) is 53.7 Å². The molecule has 2 aromatic rings. The van der Waals surface area contributed by atoms with Gasteiger partial charge in [-0.25, -0.2) is 4.39 Å². The van der Waals surface area contributed by atoms with E-state index >= 15 is 0 Å². The third-order valence-electron chi connectivity index (χ3n) is 5.44. The summed E-state index contributed by atoms with van der Waals surface area (Å²) in [6.07, 6.45) is 2.49. The first kappa shape index (κ1) is 26.4. The highest BCUT2D eigenvalue weighted by molar-refractivity contribution is 14.0. The van der Waals surface area contributed by atoms with E-state index in [2.05, 4.69) is 32.3 Å². The van der Waals surface area contributed by atoms with Gasteiger partial charge in [-0.2, -0.15) is 0 Å². The molecule has 0 aliphatic carbocycles. The maximum Gasteiger partial charge on any atom is 0.191 e. The quantitative estimate of drug-likeness (QED) is 0.201. The fourth-order valence-electron chi connectivity index (χ4n) is 3.58. The summed E-state index contributed by atoms with van der Waals surface area (Å²) in [6, 6.07) is 9.23. The highest BCUT2D eigenvalue weighted by Gasteiger charge is 2.18. The SMILES string of the molecule is CCN1CCN(c2ccc(CNC(=NC)NCCCOCc3ccco3)cc2F)CC1.I. The molecule has 0 bridgehead atoms. The number of guanidine groups is 1. The predicted molar refractivity (Wildman–Crippen MR) is 137 cm³/mol. The second-order valence-electron chi connectivity index (χ2n) is 7.55. The molecule has 2 N–H and O–H groups in total. The Morgan fingerprint density at radius 3 is 2.66 bits per heavy atom. The minimum Gasteiger partial charge on any atom is -0.467 e. The molecule has 0 radical (unpaired) electrons. The minimum atomic E-state index is -0.166. The molecule has 0 amide bonds. The third-order valence-corrected chi connectivity index (χ3v) is 5.44. The van der Waals surface area contributed by atoms with Gasteiger partial charge in [0.25, 0.3) is 0 Å². The Hall–Kier alpha value is -1.85. The minimum absolute atomic E-state index is 0. The second-order valence-corrected chi connectivity index (χ2v) is 7.55. The number of benzene rings is 1. The molecule has 0 spiro atoms. The van der Waals surface area contributed by atoms with Crippen LogP contribution in [0.5, 0.6) is 0 Å². The van der Waals surface area contributed by atoms with Crippen molar-refractivity contribution >= 4 is 35.6 Å². The van der Waals surface area contributed by atoms with Gasteiger partial charge in [-0.15, -0.1) is 24.0 Å². The van der Waals surface area contributed by atoms with Gasteiger partial charge in [0.2, 0.25) is 0 Å². The van der Waals surface area contributed by atoms with Crippen LogP contribution in [-0.2, 0) is 17.9 Å². The number of halogens is 2. The number of ether oxygens (including phenoxy) is 1. The number of piperazine rings is 1. The number of hydrogen-bond acceptors (Lipinski definition) is 5. The molecule has 7 nitrogen and oxygen atoms in total. The van der Waals surface area contributed by atoms with Crippen molar-refractivity contribution in [2.45, 2.75) is 26.5 Å². The number of hydrogen-bond donors (Lipinski definition) is 2. The standard InChI is InChI=1S/C23H34FN5O2.HI/c1-3-28-10-12-29(13-11-28)22-8-7-19(16-21(22)24)17-27-23(25-2)26-9-5-14-30-18-20-6-4-15-31-20;/h4,6-8,15-16H,3,5,9-14,17-18H2,1-2H3,(H2,25,26,27);1H. The lowest BCUT2D eigenvalue weighted by Crippen LogP contribution is -2.46. The lowest BCUT2D eigenvalue weighted by molar-refractivity contribution is 0.105. The van der Waals surface area contributed by atoms with Crippen LogP contribution >= 0.6 is 24.0 Å². The maximum absolute atomic E-state index is 14.7. The number of anilines is 1. The Balaban J connectivity index is 0.00000363. The summed E-state index contributed by atoms with van der Waals surface area (Å²) in [6.45, 7) is 9.26. The van der Waals surface area contributed by atoms with Gasteiger partial charge in [-0.1, -0.05) is 13.0 Å². The number of furan rings is 1. The van der Waals surface area contributed by atoms with E-state index in [0.717, 1.165) is 57.0 Å². The average Bonchev–Trinajstić information content (AvgIpc) is 3.32. The summed E-state index contributed by atoms with van der Waals surface area (Å²) in [5.41, 5.74) is 1.58. The number of likely N-dealkylation sites (N-methyl/N-ethyl adjacent to an activating group) is 1. The van der Waals surface area contributed by atoms with Gasteiger partial charge >= 0.3 is 0 Å². The molecule has 1 aliphatic heterocycles. The largest absolute Gasteiger partial charge is 0.467 e. The first-order valence-corrected chi connectivity index (χ1v) is 11.0. The van der Waals surface area contributed by atoms with Crippen LogP contribution in [0.15, 0.2) is 46.0 Å². The second kappa shape index (κ2) is 14.3. The van der Waals surface area contributed by atoms with Gasteiger partial charge in [-0.3, -0.25) is 4.99 Å². The Morgan fingerprint density at radius 1 is 1.19 bits per heavy atom. The molecule has 1 aromatic carbocycles. The van der Waals surface area contributed by atoms with Crippen LogP contribution < -0.4 is 15.5 Å². The molecule has 9 heteroatoms. The number of rotatable bonds is 10. The monoisotopic (exact) mass is 559 g/mol. The van der Waals surface area contributed by atoms with Crippen LogP contribution in [0.2, 0.25) is 0 Å². The van der Waals surface area contributed by atoms with Gasteiger partial charge in [0.1, 0.15) is 18.2 Å². The zero-order chi connectivity index (χ0) is 21.9. The Bertz CT molecular complexity index is 811. The molecule has 0 saturated carbocycles. The first-order valence-electron chi connectivity index (χ1n) is 11.0.